The van der Waals surface area contributed by atoms with Crippen molar-refractivity contribution in [3.63, 3.8) is 0 Å². The fraction of sp³-hybridized carbons (Fsp3) is 0.682. The molecule has 2 aromatic rings. The number of ether oxygens (including phenoxy) is 1. The Morgan fingerprint density at radius 3 is 2.62 bits per heavy atom. The molecule has 1 N–H and O–H groups in total. The van der Waals surface area contributed by atoms with Crippen molar-refractivity contribution < 1.29 is 9.26 Å². The van der Waals surface area contributed by atoms with Crippen LogP contribution >= 0.6 is 0 Å². The molecule has 0 bridgehead atoms. The first-order chi connectivity index (χ1) is 14.1. The summed E-state index contributed by atoms with van der Waals surface area (Å²) in [7, 11) is 1.82. The number of aromatic nitrogens is 3. The topological polar surface area (TPSA) is 76.3 Å². The number of pyridine rings is 1. The van der Waals surface area contributed by atoms with E-state index >= 15 is 0 Å². The molecule has 0 aromatic carbocycles. The van der Waals surface area contributed by atoms with E-state index in [1.165, 1.54) is 38.5 Å². The van der Waals surface area contributed by atoms with E-state index in [4.69, 9.17) is 14.2 Å². The molecule has 2 unspecified atom stereocenters. The van der Waals surface area contributed by atoms with E-state index in [-0.39, 0.29) is 6.10 Å². The van der Waals surface area contributed by atoms with E-state index < -0.39 is 0 Å². The lowest BCUT2D eigenvalue weighted by Crippen LogP contribution is -2.56. The van der Waals surface area contributed by atoms with Gasteiger partial charge in [0.05, 0.1) is 11.7 Å². The van der Waals surface area contributed by atoms with Gasteiger partial charge in [-0.15, -0.1) is 0 Å². The number of rotatable bonds is 5. The molecule has 2 atom stereocenters. The molecular weight excluding hydrogens is 366 g/mol. The Morgan fingerprint density at radius 1 is 1.14 bits per heavy atom. The van der Waals surface area contributed by atoms with Gasteiger partial charge in [0.15, 0.2) is 5.82 Å². The van der Waals surface area contributed by atoms with E-state index in [0.29, 0.717) is 23.8 Å². The summed E-state index contributed by atoms with van der Waals surface area (Å²) < 4.78 is 11.4. The highest BCUT2D eigenvalue weighted by Crippen LogP contribution is 2.31. The quantitative estimate of drug-likeness (QED) is 0.769. The maximum atomic E-state index is 5.92. The fourth-order valence-electron chi connectivity index (χ4n) is 4.67. The van der Waals surface area contributed by atoms with Crippen LogP contribution in [0.1, 0.15) is 56.3 Å². The molecule has 1 saturated heterocycles. The number of piperidine rings is 1. The summed E-state index contributed by atoms with van der Waals surface area (Å²) in [5.41, 5.74) is 1.98. The van der Waals surface area contributed by atoms with Crippen molar-refractivity contribution in [3.8, 4) is 11.5 Å². The van der Waals surface area contributed by atoms with Crippen molar-refractivity contribution in [1.29, 1.82) is 0 Å². The third-order valence-electron chi connectivity index (χ3n) is 6.23. The van der Waals surface area contributed by atoms with Gasteiger partial charge in [0, 0.05) is 38.5 Å². The summed E-state index contributed by atoms with van der Waals surface area (Å²) in [6, 6.07) is 3.09. The van der Waals surface area contributed by atoms with Gasteiger partial charge in [0.25, 0.3) is 5.89 Å². The molecule has 4 rings (SSSR count). The fourth-order valence-corrected chi connectivity index (χ4v) is 4.67. The smallest absolute Gasteiger partial charge is 0.261 e. The molecule has 29 heavy (non-hydrogen) atoms. The van der Waals surface area contributed by atoms with Gasteiger partial charge < -0.3 is 19.5 Å². The van der Waals surface area contributed by atoms with Crippen LogP contribution in [0.2, 0.25) is 0 Å². The average molecular weight is 400 g/mol. The number of anilines is 1. The summed E-state index contributed by atoms with van der Waals surface area (Å²) in [6.07, 6.45) is 11.1. The predicted octanol–water partition coefficient (Wildman–Crippen LogP) is 3.65. The van der Waals surface area contributed by atoms with Crippen molar-refractivity contribution in [2.75, 3.05) is 25.1 Å². The van der Waals surface area contributed by atoms with Crippen LogP contribution in [0.4, 0.5) is 5.82 Å². The monoisotopic (exact) mass is 399 g/mol. The zero-order valence-corrected chi connectivity index (χ0v) is 17.9. The van der Waals surface area contributed by atoms with E-state index in [0.717, 1.165) is 36.5 Å². The minimum absolute atomic E-state index is 0.132. The van der Waals surface area contributed by atoms with Gasteiger partial charge in [0.1, 0.15) is 5.82 Å². The lowest BCUT2D eigenvalue weighted by molar-refractivity contribution is 0.0547. The molecule has 1 saturated carbocycles. The van der Waals surface area contributed by atoms with Crippen LogP contribution in [0.3, 0.4) is 0 Å². The average Bonchev–Trinajstić information content (AvgIpc) is 3.00. The Hall–Kier alpha value is -1.99. The number of nitrogens with one attached hydrogen (secondary N) is 1. The highest BCUT2D eigenvalue weighted by molar-refractivity contribution is 5.70. The van der Waals surface area contributed by atoms with Crippen LogP contribution in [-0.4, -0.2) is 53.5 Å². The van der Waals surface area contributed by atoms with E-state index in [1.807, 2.05) is 27.2 Å². The van der Waals surface area contributed by atoms with Crippen LogP contribution < -0.4 is 10.2 Å². The first kappa shape index (κ1) is 20.3. The zero-order chi connectivity index (χ0) is 20.2. The molecule has 2 aromatic heterocycles. The Labute approximate surface area is 173 Å². The van der Waals surface area contributed by atoms with Crippen LogP contribution in [0.15, 0.2) is 16.8 Å². The Morgan fingerprint density at radius 2 is 1.93 bits per heavy atom. The lowest BCUT2D eigenvalue weighted by atomic mass is 9.98. The molecule has 0 spiro atoms. The van der Waals surface area contributed by atoms with Crippen molar-refractivity contribution in [2.45, 2.75) is 77.0 Å². The lowest BCUT2D eigenvalue weighted by Gasteiger charge is -2.40. The minimum atomic E-state index is 0.132. The molecule has 0 radical (unpaired) electrons. The Kier molecular flexibility index (Phi) is 6.45. The minimum Gasteiger partial charge on any atom is -0.378 e. The second-order valence-corrected chi connectivity index (χ2v) is 8.50. The molecule has 1 aliphatic carbocycles. The van der Waals surface area contributed by atoms with Crippen molar-refractivity contribution in [1.82, 2.24) is 20.4 Å². The van der Waals surface area contributed by atoms with Gasteiger partial charge in [-0.2, -0.15) is 4.98 Å². The maximum Gasteiger partial charge on any atom is 0.261 e. The second kappa shape index (κ2) is 9.22. The highest BCUT2D eigenvalue weighted by atomic mass is 16.5. The summed E-state index contributed by atoms with van der Waals surface area (Å²) in [6.45, 7) is 5.60. The van der Waals surface area contributed by atoms with E-state index in [9.17, 15) is 0 Å². The first-order valence-electron chi connectivity index (χ1n) is 10.9. The summed E-state index contributed by atoms with van der Waals surface area (Å²) in [5.74, 6) is 2.06. The molecule has 3 heterocycles. The molecular formula is C22H33N5O2. The number of hydrogen-bond donors (Lipinski definition) is 1. The van der Waals surface area contributed by atoms with Crippen LogP contribution in [0.25, 0.3) is 11.5 Å². The molecule has 1 aliphatic heterocycles. The van der Waals surface area contributed by atoms with Gasteiger partial charge in [-0.05, 0) is 44.7 Å². The molecule has 7 nitrogen and oxygen atoms in total. The molecule has 2 aliphatic rings. The summed E-state index contributed by atoms with van der Waals surface area (Å²) in [4.78, 5) is 11.5. The SMILES string of the molecule is COC1CN(c2ncc(C)cc2-c2nc(C)no2)CCC1NC1CCCCCC1. The van der Waals surface area contributed by atoms with Crippen LogP contribution in [-0.2, 0) is 4.74 Å². The maximum absolute atomic E-state index is 5.92. The number of aryl methyl sites for hydroxylation is 2. The number of hydrogen-bond acceptors (Lipinski definition) is 7. The van der Waals surface area contributed by atoms with Crippen LogP contribution in [0.5, 0.6) is 0 Å². The molecule has 0 amide bonds. The molecule has 7 heteroatoms. The van der Waals surface area contributed by atoms with Gasteiger partial charge in [0.2, 0.25) is 0 Å². The number of nitrogens with zero attached hydrogens (tertiary/aromatic N) is 4. The predicted molar refractivity (Wildman–Crippen MR) is 113 cm³/mol. The molecule has 2 fully saturated rings. The largest absolute Gasteiger partial charge is 0.378 e. The van der Waals surface area contributed by atoms with Gasteiger partial charge in [-0.3, -0.25) is 0 Å². The standard InChI is InChI=1S/C22H33N5O2/c1-15-12-18(22-24-16(2)26-29-22)21(23-13-15)27-11-10-19(20(14-27)28-3)25-17-8-6-4-5-7-9-17/h12-13,17,19-20,25H,4-11,14H2,1-3H3. The Balaban J connectivity index is 1.50. The van der Waals surface area contributed by atoms with Crippen molar-refractivity contribution in [3.05, 3.63) is 23.7 Å². The second-order valence-electron chi connectivity index (χ2n) is 8.50. The van der Waals surface area contributed by atoms with Gasteiger partial charge in [-0.1, -0.05) is 30.8 Å². The van der Waals surface area contributed by atoms with E-state index in [1.54, 1.807) is 0 Å². The summed E-state index contributed by atoms with van der Waals surface area (Å²) >= 11 is 0. The highest BCUT2D eigenvalue weighted by Gasteiger charge is 2.33. The van der Waals surface area contributed by atoms with Gasteiger partial charge in [-0.25, -0.2) is 4.98 Å². The Bertz CT molecular complexity index is 800. The normalized spacial score (nSPS) is 23.9. The van der Waals surface area contributed by atoms with E-state index in [2.05, 4.69) is 26.4 Å². The first-order valence-corrected chi connectivity index (χ1v) is 10.9. The molecule has 158 valence electrons. The third-order valence-corrected chi connectivity index (χ3v) is 6.23. The van der Waals surface area contributed by atoms with Gasteiger partial charge >= 0.3 is 0 Å². The third kappa shape index (κ3) is 4.78. The van der Waals surface area contributed by atoms with Crippen molar-refractivity contribution >= 4 is 5.82 Å². The van der Waals surface area contributed by atoms with Crippen LogP contribution in [0, 0.1) is 13.8 Å². The summed E-state index contributed by atoms with van der Waals surface area (Å²) in [5, 5.41) is 7.87. The number of methoxy groups -OCH3 is 1. The zero-order valence-electron chi connectivity index (χ0n) is 17.9. The van der Waals surface area contributed by atoms with Crippen molar-refractivity contribution in [2.24, 2.45) is 0 Å².